The van der Waals surface area contributed by atoms with Gasteiger partial charge in [-0.05, 0) is 64.3 Å². The Morgan fingerprint density at radius 3 is 2.40 bits per heavy atom. The van der Waals surface area contributed by atoms with E-state index in [2.05, 4.69) is 4.90 Å². The molecule has 1 heterocycles. The largest absolute Gasteiger partial charge is 0.456 e. The van der Waals surface area contributed by atoms with Crippen molar-refractivity contribution >= 4 is 21.8 Å². The zero-order valence-corrected chi connectivity index (χ0v) is 16.1. The fourth-order valence-electron chi connectivity index (χ4n) is 2.84. The average Bonchev–Trinajstić information content (AvgIpc) is 2.51. The van der Waals surface area contributed by atoms with E-state index in [1.165, 1.54) is 0 Å². The Balaban J connectivity index is 2.09. The lowest BCUT2D eigenvalue weighted by Crippen LogP contribution is -2.43. The fourth-order valence-corrected chi connectivity index (χ4v) is 3.25. The molecule has 25 heavy (non-hydrogen) atoms. The van der Waals surface area contributed by atoms with Gasteiger partial charge in [0.1, 0.15) is 5.60 Å². The summed E-state index contributed by atoms with van der Waals surface area (Å²) in [5.41, 5.74) is 0.921. The van der Waals surface area contributed by atoms with Crippen LogP contribution in [0.5, 0.6) is 0 Å². The van der Waals surface area contributed by atoms with E-state index in [1.807, 2.05) is 32.9 Å². The van der Waals surface area contributed by atoms with Crippen LogP contribution < -0.4 is 4.90 Å². The number of esters is 1. The smallest absolute Gasteiger partial charge is 0.338 e. The van der Waals surface area contributed by atoms with Gasteiger partial charge in [-0.1, -0.05) is 0 Å². The van der Waals surface area contributed by atoms with E-state index in [9.17, 15) is 13.2 Å². The molecule has 0 saturated carbocycles. The van der Waals surface area contributed by atoms with Crippen molar-refractivity contribution in [3.8, 4) is 0 Å². The van der Waals surface area contributed by atoms with Crippen LogP contribution in [0, 0.1) is 0 Å². The molecule has 1 saturated heterocycles. The van der Waals surface area contributed by atoms with E-state index in [0.29, 0.717) is 5.56 Å². The van der Waals surface area contributed by atoms with Gasteiger partial charge in [-0.2, -0.15) is 8.42 Å². The van der Waals surface area contributed by atoms with Crippen molar-refractivity contribution in [1.82, 2.24) is 0 Å². The fraction of sp³-hybridized carbons (Fsp3) is 0.611. The van der Waals surface area contributed by atoms with E-state index in [4.69, 9.17) is 8.92 Å². The number of rotatable bonds is 5. The Kier molecular flexibility index (Phi) is 6.11. The summed E-state index contributed by atoms with van der Waals surface area (Å²) < 4.78 is 32.9. The monoisotopic (exact) mass is 369 g/mol. The highest BCUT2D eigenvalue weighted by molar-refractivity contribution is 7.85. The van der Waals surface area contributed by atoms with Gasteiger partial charge < -0.3 is 9.64 Å². The minimum Gasteiger partial charge on any atom is -0.456 e. The summed E-state index contributed by atoms with van der Waals surface area (Å²) in [6.45, 7) is 6.48. The van der Waals surface area contributed by atoms with Gasteiger partial charge in [-0.15, -0.1) is 0 Å². The number of hydrogen-bond donors (Lipinski definition) is 0. The van der Waals surface area contributed by atoms with Crippen LogP contribution in [0.1, 0.15) is 50.4 Å². The van der Waals surface area contributed by atoms with Crippen molar-refractivity contribution in [1.29, 1.82) is 0 Å². The minimum atomic E-state index is -3.45. The number of carbonyl (C=O) groups is 1. The van der Waals surface area contributed by atoms with Crippen molar-refractivity contribution in [2.75, 3.05) is 24.3 Å². The number of ether oxygens (including phenoxy) is 1. The lowest BCUT2D eigenvalue weighted by Gasteiger charge is -2.37. The second-order valence-electron chi connectivity index (χ2n) is 7.38. The van der Waals surface area contributed by atoms with Crippen molar-refractivity contribution in [3.05, 3.63) is 29.8 Å². The topological polar surface area (TPSA) is 72.9 Å². The Morgan fingerprint density at radius 1 is 1.20 bits per heavy atom. The van der Waals surface area contributed by atoms with E-state index < -0.39 is 15.7 Å². The standard InChI is InChI=1S/C18H27NO5S/c1-18(2,3)24-17(20)14-8-10-15(11-9-14)19-12-6-5-7-16(19)13-23-25(4,21)22/h8-11,16H,5-7,12-13H2,1-4H3. The Hall–Kier alpha value is -1.60. The molecule has 1 atom stereocenters. The Morgan fingerprint density at radius 2 is 1.84 bits per heavy atom. The summed E-state index contributed by atoms with van der Waals surface area (Å²) in [7, 11) is -3.45. The van der Waals surface area contributed by atoms with Gasteiger partial charge >= 0.3 is 5.97 Å². The molecule has 1 aromatic rings. The first-order valence-electron chi connectivity index (χ1n) is 8.50. The lowest BCUT2D eigenvalue weighted by atomic mass is 10.0. The highest BCUT2D eigenvalue weighted by Gasteiger charge is 2.25. The third-order valence-electron chi connectivity index (χ3n) is 3.94. The van der Waals surface area contributed by atoms with Gasteiger partial charge in [-0.25, -0.2) is 4.79 Å². The molecule has 1 unspecified atom stereocenters. The van der Waals surface area contributed by atoms with Crippen LogP contribution in [0.2, 0.25) is 0 Å². The van der Waals surface area contributed by atoms with Crippen LogP contribution in [0.3, 0.4) is 0 Å². The van der Waals surface area contributed by atoms with Gasteiger partial charge in [0.15, 0.2) is 0 Å². The molecule has 1 fully saturated rings. The first kappa shape index (κ1) is 19.7. The molecule has 6 nitrogen and oxygen atoms in total. The normalized spacial score (nSPS) is 18.9. The number of hydrogen-bond acceptors (Lipinski definition) is 6. The summed E-state index contributed by atoms with van der Waals surface area (Å²) in [5.74, 6) is -0.352. The molecule has 1 aromatic carbocycles. The van der Waals surface area contributed by atoms with Crippen LogP contribution >= 0.6 is 0 Å². The zero-order valence-electron chi connectivity index (χ0n) is 15.3. The molecule has 0 amide bonds. The molecule has 0 N–H and O–H groups in total. The summed E-state index contributed by atoms with van der Waals surface area (Å²) in [6, 6.07) is 7.24. The number of piperidine rings is 1. The molecule has 1 aliphatic rings. The number of anilines is 1. The van der Waals surface area contributed by atoms with Crippen LogP contribution in [-0.4, -0.2) is 45.4 Å². The number of nitrogens with zero attached hydrogens (tertiary/aromatic N) is 1. The second-order valence-corrected chi connectivity index (χ2v) is 9.02. The molecule has 1 aliphatic heterocycles. The summed E-state index contributed by atoms with van der Waals surface area (Å²) in [5, 5.41) is 0. The Bertz CT molecular complexity index is 691. The van der Waals surface area contributed by atoms with Crippen LogP contribution in [-0.2, 0) is 19.0 Å². The predicted octanol–water partition coefficient (Wildman–Crippen LogP) is 2.98. The van der Waals surface area contributed by atoms with E-state index in [0.717, 1.165) is 37.8 Å². The van der Waals surface area contributed by atoms with Gasteiger partial charge in [0, 0.05) is 12.2 Å². The van der Waals surface area contributed by atoms with Crippen LogP contribution in [0.4, 0.5) is 5.69 Å². The summed E-state index contributed by atoms with van der Waals surface area (Å²) in [4.78, 5) is 14.2. The number of carbonyl (C=O) groups excluding carboxylic acids is 1. The second kappa shape index (κ2) is 7.74. The van der Waals surface area contributed by atoms with Gasteiger partial charge in [0.2, 0.25) is 0 Å². The van der Waals surface area contributed by atoms with Gasteiger partial charge in [-0.3, -0.25) is 4.18 Å². The summed E-state index contributed by atoms with van der Waals surface area (Å²) >= 11 is 0. The number of benzene rings is 1. The summed E-state index contributed by atoms with van der Waals surface area (Å²) in [6.07, 6.45) is 4.03. The molecule has 7 heteroatoms. The van der Waals surface area contributed by atoms with Gasteiger partial charge in [0.25, 0.3) is 10.1 Å². The highest BCUT2D eigenvalue weighted by atomic mass is 32.2. The van der Waals surface area contributed by atoms with Gasteiger partial charge in [0.05, 0.1) is 24.5 Å². The van der Waals surface area contributed by atoms with E-state index >= 15 is 0 Å². The van der Waals surface area contributed by atoms with Crippen LogP contribution in [0.25, 0.3) is 0 Å². The first-order valence-corrected chi connectivity index (χ1v) is 10.3. The van der Waals surface area contributed by atoms with Crippen molar-refractivity contribution in [3.63, 3.8) is 0 Å². The van der Waals surface area contributed by atoms with Crippen LogP contribution in [0.15, 0.2) is 24.3 Å². The molecule has 0 spiro atoms. The maximum atomic E-state index is 12.1. The first-order chi connectivity index (χ1) is 11.6. The molecule has 0 aliphatic carbocycles. The van der Waals surface area contributed by atoms with Crippen molar-refractivity contribution in [2.45, 2.75) is 51.7 Å². The minimum absolute atomic E-state index is 0.0100. The maximum absolute atomic E-state index is 12.1. The molecule has 0 radical (unpaired) electrons. The quantitative estimate of drug-likeness (QED) is 0.587. The molecule has 0 bridgehead atoms. The molecule has 140 valence electrons. The third-order valence-corrected chi connectivity index (χ3v) is 4.50. The highest BCUT2D eigenvalue weighted by Crippen LogP contribution is 2.26. The SMILES string of the molecule is CC(C)(C)OC(=O)c1ccc(N2CCCCC2COS(C)(=O)=O)cc1. The average molecular weight is 369 g/mol. The predicted molar refractivity (Wildman–Crippen MR) is 97.4 cm³/mol. The molecular formula is C18H27NO5S. The lowest BCUT2D eigenvalue weighted by molar-refractivity contribution is 0.00695. The molecular weight excluding hydrogens is 342 g/mol. The van der Waals surface area contributed by atoms with Crippen molar-refractivity contribution in [2.24, 2.45) is 0 Å². The Labute approximate surface area is 150 Å². The maximum Gasteiger partial charge on any atom is 0.338 e. The molecule has 0 aromatic heterocycles. The van der Waals surface area contributed by atoms with E-state index in [1.54, 1.807) is 12.1 Å². The molecule has 2 rings (SSSR count). The third kappa shape index (κ3) is 6.32. The van der Waals surface area contributed by atoms with Crippen molar-refractivity contribution < 1.29 is 22.1 Å². The van der Waals surface area contributed by atoms with E-state index in [-0.39, 0.29) is 18.6 Å². The zero-order chi connectivity index (χ0) is 18.7.